The predicted molar refractivity (Wildman–Crippen MR) is 117 cm³/mol. The summed E-state index contributed by atoms with van der Waals surface area (Å²) in [4.78, 5) is 31.7. The van der Waals surface area contributed by atoms with Crippen molar-refractivity contribution in [2.45, 2.75) is 44.9 Å². The van der Waals surface area contributed by atoms with E-state index in [1.54, 1.807) is 13.4 Å². The number of nitrogens with one attached hydrogen (secondary N) is 1. The summed E-state index contributed by atoms with van der Waals surface area (Å²) in [5.74, 6) is 1.56. The van der Waals surface area contributed by atoms with Gasteiger partial charge in [-0.3, -0.25) is 9.59 Å². The summed E-state index contributed by atoms with van der Waals surface area (Å²) in [5, 5.41) is 3.07. The lowest BCUT2D eigenvalue weighted by Crippen LogP contribution is -2.43. The van der Waals surface area contributed by atoms with E-state index in [-0.39, 0.29) is 23.8 Å². The van der Waals surface area contributed by atoms with Gasteiger partial charge >= 0.3 is 0 Å². The Morgan fingerprint density at radius 1 is 1.16 bits per heavy atom. The number of hydrogen-bond donors (Lipinski definition) is 1. The summed E-state index contributed by atoms with van der Waals surface area (Å²) < 4.78 is 13.3. The maximum Gasteiger partial charge on any atom is 0.274 e. The van der Waals surface area contributed by atoms with Crippen LogP contribution >= 0.6 is 0 Å². The Kier molecular flexibility index (Phi) is 5.87. The summed E-state index contributed by atoms with van der Waals surface area (Å²) in [7, 11) is 1.65. The lowest BCUT2D eigenvalue weighted by Gasteiger charge is -2.31. The first-order chi connectivity index (χ1) is 15.6. The third kappa shape index (κ3) is 4.37. The summed E-state index contributed by atoms with van der Waals surface area (Å²) in [6.45, 7) is 2.93. The Morgan fingerprint density at radius 2 is 1.91 bits per heavy atom. The van der Waals surface area contributed by atoms with Crippen LogP contribution in [0.15, 0.2) is 30.6 Å². The number of ether oxygens (including phenoxy) is 2. The minimum absolute atomic E-state index is 0.00213. The zero-order valence-electron chi connectivity index (χ0n) is 18.5. The highest BCUT2D eigenvalue weighted by atomic mass is 16.5. The molecular formula is C24H30N4O4. The molecule has 3 aliphatic rings. The first-order valence-corrected chi connectivity index (χ1v) is 11.5. The van der Waals surface area contributed by atoms with Gasteiger partial charge in [-0.25, -0.2) is 4.98 Å². The number of hydrogen-bond acceptors (Lipinski definition) is 5. The van der Waals surface area contributed by atoms with Gasteiger partial charge in [0.15, 0.2) is 5.69 Å². The number of fused-ring (bicyclic) bond motifs is 1. The Hall–Kier alpha value is -2.87. The van der Waals surface area contributed by atoms with Crippen molar-refractivity contribution in [3.63, 3.8) is 0 Å². The zero-order valence-corrected chi connectivity index (χ0v) is 18.5. The number of piperidine rings is 1. The lowest BCUT2D eigenvalue weighted by atomic mass is 9.95. The molecule has 0 spiro atoms. The Labute approximate surface area is 187 Å². The molecular weight excluding hydrogens is 408 g/mol. The van der Waals surface area contributed by atoms with Crippen LogP contribution in [0.2, 0.25) is 0 Å². The number of amides is 2. The standard InChI is InChI=1S/C24H30N4O4/c1-31-19-6-4-17(5-7-19)21-13-28-15-26-22(20(28)14-32-21)24(30)27-10-8-18(9-11-27)23(29)25-12-16-2-3-16/h4-7,15-16,18,21H,2-3,8-14H2,1H3,(H,25,29)/t21-/m0/s1. The van der Waals surface area contributed by atoms with Crippen LogP contribution < -0.4 is 10.1 Å². The van der Waals surface area contributed by atoms with Crippen molar-refractivity contribution in [1.29, 1.82) is 0 Å². The van der Waals surface area contributed by atoms with E-state index in [2.05, 4.69) is 10.3 Å². The summed E-state index contributed by atoms with van der Waals surface area (Å²) >= 11 is 0. The van der Waals surface area contributed by atoms with Gasteiger partial charge in [0.1, 0.15) is 11.9 Å². The van der Waals surface area contributed by atoms with Crippen molar-refractivity contribution in [3.05, 3.63) is 47.5 Å². The molecule has 0 bridgehead atoms. The molecule has 0 radical (unpaired) electrons. The monoisotopic (exact) mass is 438 g/mol. The maximum absolute atomic E-state index is 13.1. The van der Waals surface area contributed by atoms with Crippen LogP contribution in [0.1, 0.15) is 53.5 Å². The molecule has 1 saturated heterocycles. The molecule has 1 aromatic carbocycles. The van der Waals surface area contributed by atoms with Gasteiger partial charge in [-0.1, -0.05) is 12.1 Å². The van der Waals surface area contributed by atoms with Crippen molar-refractivity contribution < 1.29 is 19.1 Å². The minimum atomic E-state index is -0.0875. The number of methoxy groups -OCH3 is 1. The van der Waals surface area contributed by atoms with E-state index >= 15 is 0 Å². The molecule has 1 aromatic heterocycles. The fourth-order valence-electron chi connectivity index (χ4n) is 4.53. The van der Waals surface area contributed by atoms with Crippen LogP contribution in [-0.4, -0.2) is 53.0 Å². The number of rotatable bonds is 6. The number of carbonyl (C=O) groups is 2. The third-order valence-electron chi connectivity index (χ3n) is 6.84. The summed E-state index contributed by atoms with van der Waals surface area (Å²) in [5.41, 5.74) is 2.36. The predicted octanol–water partition coefficient (Wildman–Crippen LogP) is 2.54. The molecule has 8 nitrogen and oxygen atoms in total. The van der Waals surface area contributed by atoms with Crippen molar-refractivity contribution in [3.8, 4) is 5.75 Å². The fraction of sp³-hybridized carbons (Fsp3) is 0.542. The van der Waals surface area contributed by atoms with Gasteiger partial charge in [0.25, 0.3) is 5.91 Å². The highest BCUT2D eigenvalue weighted by Gasteiger charge is 2.32. The van der Waals surface area contributed by atoms with E-state index in [0.717, 1.165) is 23.6 Å². The molecule has 2 aliphatic heterocycles. The van der Waals surface area contributed by atoms with Gasteiger partial charge < -0.3 is 24.3 Å². The maximum atomic E-state index is 13.1. The number of benzene rings is 1. The first-order valence-electron chi connectivity index (χ1n) is 11.5. The molecule has 1 N–H and O–H groups in total. The van der Waals surface area contributed by atoms with E-state index in [1.807, 2.05) is 33.7 Å². The normalized spacial score (nSPS) is 21.2. The van der Waals surface area contributed by atoms with Gasteiger partial charge in [0.05, 0.1) is 32.3 Å². The van der Waals surface area contributed by atoms with Gasteiger partial charge in [-0.15, -0.1) is 0 Å². The van der Waals surface area contributed by atoms with Crippen molar-refractivity contribution >= 4 is 11.8 Å². The van der Waals surface area contributed by atoms with Crippen molar-refractivity contribution in [2.75, 3.05) is 26.7 Å². The van der Waals surface area contributed by atoms with E-state index < -0.39 is 0 Å². The summed E-state index contributed by atoms with van der Waals surface area (Å²) in [6, 6.07) is 7.85. The van der Waals surface area contributed by atoms with Crippen molar-refractivity contribution in [2.24, 2.45) is 11.8 Å². The number of likely N-dealkylation sites (tertiary alicyclic amines) is 1. The van der Waals surface area contributed by atoms with Crippen LogP contribution in [0.5, 0.6) is 5.75 Å². The molecule has 170 valence electrons. The number of carbonyl (C=O) groups excluding carboxylic acids is 2. The van der Waals surface area contributed by atoms with E-state index in [1.165, 1.54) is 12.8 Å². The average Bonchev–Trinajstić information content (AvgIpc) is 3.59. The second-order valence-corrected chi connectivity index (χ2v) is 9.02. The molecule has 1 saturated carbocycles. The number of aromatic nitrogens is 2. The van der Waals surface area contributed by atoms with Gasteiger partial charge in [0.2, 0.25) is 5.91 Å². The van der Waals surface area contributed by atoms with Crippen LogP contribution in [-0.2, 0) is 22.7 Å². The van der Waals surface area contributed by atoms with Crippen LogP contribution in [0, 0.1) is 11.8 Å². The quantitative estimate of drug-likeness (QED) is 0.749. The van der Waals surface area contributed by atoms with Crippen LogP contribution in [0.4, 0.5) is 0 Å². The van der Waals surface area contributed by atoms with Gasteiger partial charge in [0, 0.05) is 25.6 Å². The lowest BCUT2D eigenvalue weighted by molar-refractivity contribution is -0.126. The zero-order chi connectivity index (χ0) is 22.1. The second kappa shape index (κ2) is 8.94. The fourth-order valence-corrected chi connectivity index (χ4v) is 4.53. The molecule has 5 rings (SSSR count). The molecule has 1 atom stereocenters. The molecule has 32 heavy (non-hydrogen) atoms. The van der Waals surface area contributed by atoms with Crippen LogP contribution in [0.3, 0.4) is 0 Å². The minimum Gasteiger partial charge on any atom is -0.497 e. The molecule has 1 aliphatic carbocycles. The highest BCUT2D eigenvalue weighted by Crippen LogP contribution is 2.30. The molecule has 8 heteroatoms. The first kappa shape index (κ1) is 21.0. The Balaban J connectivity index is 1.18. The Bertz CT molecular complexity index is 974. The molecule has 2 aromatic rings. The number of imidazole rings is 1. The van der Waals surface area contributed by atoms with Crippen LogP contribution in [0.25, 0.3) is 0 Å². The van der Waals surface area contributed by atoms with E-state index in [0.29, 0.717) is 50.7 Å². The van der Waals surface area contributed by atoms with E-state index in [4.69, 9.17) is 9.47 Å². The number of nitrogens with zero attached hydrogens (tertiary/aromatic N) is 3. The highest BCUT2D eigenvalue weighted by molar-refractivity contribution is 5.93. The SMILES string of the molecule is COc1ccc([C@@H]2Cn3cnc(C(=O)N4CCC(C(=O)NCC5CC5)CC4)c3CO2)cc1. The van der Waals surface area contributed by atoms with Gasteiger partial charge in [-0.05, 0) is 49.3 Å². The third-order valence-corrected chi connectivity index (χ3v) is 6.84. The smallest absolute Gasteiger partial charge is 0.274 e. The molecule has 0 unspecified atom stereocenters. The molecule has 2 amide bonds. The van der Waals surface area contributed by atoms with Crippen molar-refractivity contribution in [1.82, 2.24) is 19.8 Å². The Morgan fingerprint density at radius 3 is 2.59 bits per heavy atom. The van der Waals surface area contributed by atoms with Gasteiger partial charge in [-0.2, -0.15) is 0 Å². The van der Waals surface area contributed by atoms with E-state index in [9.17, 15) is 9.59 Å². The topological polar surface area (TPSA) is 85.7 Å². The molecule has 2 fully saturated rings. The largest absolute Gasteiger partial charge is 0.497 e. The average molecular weight is 439 g/mol. The second-order valence-electron chi connectivity index (χ2n) is 9.02. The molecule has 3 heterocycles. The summed E-state index contributed by atoms with van der Waals surface area (Å²) in [6.07, 6.45) is 5.51.